The minimum atomic E-state index is -1.82. The molecule has 3 amide bonds. The van der Waals surface area contributed by atoms with Gasteiger partial charge in [-0.2, -0.15) is 0 Å². The van der Waals surface area contributed by atoms with Crippen molar-refractivity contribution < 1.29 is 14.4 Å². The fraction of sp³-hybridized carbons (Fsp3) is 0.500. The molecule has 29 heavy (non-hydrogen) atoms. The van der Waals surface area contributed by atoms with Gasteiger partial charge in [0.25, 0.3) is 0 Å². The standard InChI is InChI=1S/C22H33N3O3Si/c1-16(26)24-19(15-17-11-8-7-9-12-17)21(28)25-18(20(23)27)13-10-14-29(5,6)22(2,3)4/h7-9,11-12,18-19H,13,15H2,1-6H3,(H2,23,27)(H,24,26)(H,25,28)/t18-,19+/m1/s1. The molecule has 0 fully saturated rings. The Balaban J connectivity index is 2.90. The fourth-order valence-corrected chi connectivity index (χ4v) is 3.28. The predicted octanol–water partition coefficient (Wildman–Crippen LogP) is 2.15. The highest BCUT2D eigenvalue weighted by Crippen LogP contribution is 2.35. The SMILES string of the molecule is CC(=O)N[C@@H](Cc1ccccc1)C(=O)N[C@H](CC#C[Si](C)(C)C(C)(C)C)C(N)=O. The molecule has 2 atom stereocenters. The van der Waals surface area contributed by atoms with Gasteiger partial charge >= 0.3 is 0 Å². The van der Waals surface area contributed by atoms with E-state index >= 15 is 0 Å². The van der Waals surface area contributed by atoms with Crippen molar-refractivity contribution in [2.75, 3.05) is 0 Å². The summed E-state index contributed by atoms with van der Waals surface area (Å²) in [5.74, 6) is 1.63. The number of hydrogen-bond donors (Lipinski definition) is 3. The average Bonchev–Trinajstić information content (AvgIpc) is 2.59. The van der Waals surface area contributed by atoms with E-state index < -0.39 is 32.0 Å². The minimum absolute atomic E-state index is 0.0949. The largest absolute Gasteiger partial charge is 0.368 e. The van der Waals surface area contributed by atoms with Crippen LogP contribution < -0.4 is 16.4 Å². The molecule has 1 aromatic carbocycles. The van der Waals surface area contributed by atoms with Crippen molar-refractivity contribution in [1.82, 2.24) is 10.6 Å². The first-order valence-electron chi connectivity index (χ1n) is 9.74. The maximum absolute atomic E-state index is 12.7. The smallest absolute Gasteiger partial charge is 0.243 e. The summed E-state index contributed by atoms with van der Waals surface area (Å²) < 4.78 is 0. The lowest BCUT2D eigenvalue weighted by atomic mass is 10.0. The van der Waals surface area contributed by atoms with Crippen molar-refractivity contribution in [2.24, 2.45) is 5.73 Å². The molecule has 0 bridgehead atoms. The van der Waals surface area contributed by atoms with E-state index in [0.717, 1.165) is 5.56 Å². The van der Waals surface area contributed by atoms with E-state index in [4.69, 9.17) is 5.73 Å². The fourth-order valence-electron chi connectivity index (χ4n) is 2.36. The molecule has 1 rings (SSSR count). The quantitative estimate of drug-likeness (QED) is 0.470. The van der Waals surface area contributed by atoms with Crippen molar-refractivity contribution >= 4 is 25.8 Å². The van der Waals surface area contributed by atoms with Crippen LogP contribution in [0.3, 0.4) is 0 Å². The Bertz CT molecular complexity index is 789. The molecular formula is C22H33N3O3Si. The highest BCUT2D eigenvalue weighted by molar-refractivity contribution is 6.87. The number of nitrogens with two attached hydrogens (primary N) is 1. The Morgan fingerprint density at radius 3 is 2.14 bits per heavy atom. The van der Waals surface area contributed by atoms with Crippen LogP contribution in [0, 0.1) is 11.5 Å². The van der Waals surface area contributed by atoms with Crippen LogP contribution in [0.1, 0.15) is 39.7 Å². The summed E-state index contributed by atoms with van der Waals surface area (Å²) in [7, 11) is -1.82. The molecule has 4 N–H and O–H groups in total. The van der Waals surface area contributed by atoms with E-state index in [2.05, 4.69) is 56.0 Å². The Kier molecular flexibility index (Phi) is 8.65. The second-order valence-corrected chi connectivity index (χ2v) is 13.8. The summed E-state index contributed by atoms with van der Waals surface area (Å²) in [4.78, 5) is 36.1. The molecule has 0 saturated carbocycles. The topological polar surface area (TPSA) is 101 Å². The lowest BCUT2D eigenvalue weighted by molar-refractivity contribution is -0.130. The molecule has 1 aromatic rings. The zero-order valence-corrected chi connectivity index (χ0v) is 19.3. The molecule has 7 heteroatoms. The summed E-state index contributed by atoms with van der Waals surface area (Å²) >= 11 is 0. The molecule has 0 aliphatic rings. The van der Waals surface area contributed by atoms with Gasteiger partial charge in [-0.3, -0.25) is 14.4 Å². The molecule has 0 radical (unpaired) electrons. The predicted molar refractivity (Wildman–Crippen MR) is 118 cm³/mol. The van der Waals surface area contributed by atoms with Crippen LogP contribution in [0.25, 0.3) is 0 Å². The van der Waals surface area contributed by atoms with Gasteiger partial charge in [0, 0.05) is 19.8 Å². The van der Waals surface area contributed by atoms with Crippen LogP contribution in [-0.4, -0.2) is 37.9 Å². The Morgan fingerprint density at radius 1 is 1.07 bits per heavy atom. The zero-order valence-electron chi connectivity index (χ0n) is 18.3. The second-order valence-electron chi connectivity index (χ2n) is 8.79. The molecular weight excluding hydrogens is 382 g/mol. The van der Waals surface area contributed by atoms with Crippen molar-refractivity contribution in [3.63, 3.8) is 0 Å². The highest BCUT2D eigenvalue weighted by atomic mass is 28.3. The van der Waals surface area contributed by atoms with Crippen LogP contribution >= 0.6 is 0 Å². The highest BCUT2D eigenvalue weighted by Gasteiger charge is 2.33. The van der Waals surface area contributed by atoms with E-state index in [0.29, 0.717) is 6.42 Å². The van der Waals surface area contributed by atoms with Gasteiger partial charge in [-0.15, -0.1) is 11.5 Å². The number of rotatable bonds is 7. The zero-order chi connectivity index (χ0) is 22.2. The third-order valence-electron chi connectivity index (χ3n) is 5.22. The summed E-state index contributed by atoms with van der Waals surface area (Å²) in [6, 6.07) is 7.64. The third-order valence-corrected chi connectivity index (χ3v) is 9.77. The third kappa shape index (κ3) is 8.12. The number of amides is 3. The van der Waals surface area contributed by atoms with Crippen molar-refractivity contribution in [3.8, 4) is 11.5 Å². The Labute approximate surface area is 175 Å². The second kappa shape index (κ2) is 10.3. The first-order chi connectivity index (χ1) is 13.3. The molecule has 0 heterocycles. The Morgan fingerprint density at radius 2 is 1.66 bits per heavy atom. The van der Waals surface area contributed by atoms with E-state index in [1.54, 1.807) is 0 Å². The van der Waals surface area contributed by atoms with Crippen LogP contribution in [0.2, 0.25) is 18.1 Å². The number of primary amides is 1. The number of carbonyl (C=O) groups is 3. The molecule has 0 aliphatic carbocycles. The van der Waals surface area contributed by atoms with Crippen molar-refractivity contribution in [1.29, 1.82) is 0 Å². The van der Waals surface area contributed by atoms with Crippen LogP contribution in [0.5, 0.6) is 0 Å². The molecule has 158 valence electrons. The molecule has 6 nitrogen and oxygen atoms in total. The van der Waals surface area contributed by atoms with E-state index in [1.165, 1.54) is 6.92 Å². The molecule has 0 aliphatic heterocycles. The number of carbonyl (C=O) groups excluding carboxylic acids is 3. The molecule has 0 saturated heterocycles. The molecule has 0 aromatic heterocycles. The van der Waals surface area contributed by atoms with Gasteiger partial charge in [-0.25, -0.2) is 0 Å². The first-order valence-corrected chi connectivity index (χ1v) is 12.7. The first kappa shape index (κ1) is 24.4. The van der Waals surface area contributed by atoms with Crippen molar-refractivity contribution in [3.05, 3.63) is 35.9 Å². The van der Waals surface area contributed by atoms with Gasteiger partial charge in [-0.05, 0) is 10.6 Å². The minimum Gasteiger partial charge on any atom is -0.368 e. The van der Waals surface area contributed by atoms with Crippen LogP contribution in [0.15, 0.2) is 30.3 Å². The average molecular weight is 416 g/mol. The van der Waals surface area contributed by atoms with Crippen LogP contribution in [-0.2, 0) is 20.8 Å². The van der Waals surface area contributed by atoms with Gasteiger partial charge in [0.1, 0.15) is 20.2 Å². The van der Waals surface area contributed by atoms with E-state index in [9.17, 15) is 14.4 Å². The number of hydrogen-bond acceptors (Lipinski definition) is 3. The molecule has 0 spiro atoms. The maximum atomic E-state index is 12.7. The number of benzene rings is 1. The lowest BCUT2D eigenvalue weighted by Crippen LogP contribution is -2.53. The van der Waals surface area contributed by atoms with Crippen molar-refractivity contribution in [2.45, 2.75) is 70.8 Å². The molecule has 0 unspecified atom stereocenters. The maximum Gasteiger partial charge on any atom is 0.243 e. The van der Waals surface area contributed by atoms with E-state index in [-0.39, 0.29) is 17.4 Å². The van der Waals surface area contributed by atoms with Crippen LogP contribution in [0.4, 0.5) is 0 Å². The normalized spacial score (nSPS) is 13.4. The lowest BCUT2D eigenvalue weighted by Gasteiger charge is -2.31. The summed E-state index contributed by atoms with van der Waals surface area (Å²) in [6.45, 7) is 12.2. The van der Waals surface area contributed by atoms with Gasteiger partial charge in [0.15, 0.2) is 0 Å². The van der Waals surface area contributed by atoms with E-state index in [1.807, 2.05) is 30.3 Å². The summed E-state index contributed by atoms with van der Waals surface area (Å²) in [5, 5.41) is 5.39. The van der Waals surface area contributed by atoms with Gasteiger partial charge in [0.05, 0.1) is 0 Å². The monoisotopic (exact) mass is 415 g/mol. The van der Waals surface area contributed by atoms with Gasteiger partial charge < -0.3 is 16.4 Å². The number of nitrogens with one attached hydrogen (secondary N) is 2. The summed E-state index contributed by atoms with van der Waals surface area (Å²) in [6.07, 6.45) is 0.457. The van der Waals surface area contributed by atoms with Gasteiger partial charge in [0.2, 0.25) is 17.7 Å². The Hall–Kier alpha value is -2.59. The van der Waals surface area contributed by atoms with Gasteiger partial charge in [-0.1, -0.05) is 64.2 Å². The summed E-state index contributed by atoms with van der Waals surface area (Å²) in [5.41, 5.74) is 9.69.